The molecular formula is C20H15FN4O4S. The quantitative estimate of drug-likeness (QED) is 0.538. The summed E-state index contributed by atoms with van der Waals surface area (Å²) in [6, 6.07) is 13.0. The van der Waals surface area contributed by atoms with Crippen LogP contribution in [-0.4, -0.2) is 22.5 Å². The first kappa shape index (κ1) is 21.0. The maximum absolute atomic E-state index is 13.2. The van der Waals surface area contributed by atoms with Crippen LogP contribution >= 0.6 is 11.8 Å². The molecule has 2 N–H and O–H groups in total. The number of carbonyl (C=O) groups excluding carboxylic acids is 2. The monoisotopic (exact) mass is 426 g/mol. The highest BCUT2D eigenvalue weighted by Crippen LogP contribution is 2.36. The molecule has 0 saturated heterocycles. The Labute approximate surface area is 174 Å². The number of amides is 2. The van der Waals surface area contributed by atoms with Gasteiger partial charge in [0.05, 0.1) is 27.3 Å². The molecule has 3 rings (SSSR count). The van der Waals surface area contributed by atoms with Gasteiger partial charge in [-0.15, -0.1) is 0 Å². The number of hydrogen-bond acceptors (Lipinski definition) is 6. The second-order valence-electron chi connectivity index (χ2n) is 6.35. The number of nitrogens with zero attached hydrogens (tertiary/aromatic N) is 2. The molecule has 0 radical (unpaired) electrons. The fourth-order valence-electron chi connectivity index (χ4n) is 2.91. The topological polar surface area (TPSA) is 125 Å². The van der Waals surface area contributed by atoms with Crippen LogP contribution in [-0.2, 0) is 9.59 Å². The van der Waals surface area contributed by atoms with Crippen LogP contribution in [0.15, 0.2) is 59.1 Å². The molecule has 0 bridgehead atoms. The summed E-state index contributed by atoms with van der Waals surface area (Å²) in [6.07, 6.45) is 0.0492. The summed E-state index contributed by atoms with van der Waals surface area (Å²) in [4.78, 5) is 34.5. The fourth-order valence-corrected chi connectivity index (χ4v) is 3.79. The second-order valence-corrected chi connectivity index (χ2v) is 7.34. The lowest BCUT2D eigenvalue weighted by atomic mass is 9.87. The summed E-state index contributed by atoms with van der Waals surface area (Å²) in [5, 5.41) is 25.8. The van der Waals surface area contributed by atoms with Gasteiger partial charge < -0.3 is 10.6 Å². The molecule has 0 aliphatic carbocycles. The predicted molar refractivity (Wildman–Crippen MR) is 109 cm³/mol. The number of halogens is 1. The van der Waals surface area contributed by atoms with E-state index in [0.717, 1.165) is 11.8 Å². The van der Waals surface area contributed by atoms with Gasteiger partial charge >= 0.3 is 0 Å². The van der Waals surface area contributed by atoms with Gasteiger partial charge in [-0.3, -0.25) is 19.7 Å². The van der Waals surface area contributed by atoms with Crippen molar-refractivity contribution >= 4 is 35.0 Å². The van der Waals surface area contributed by atoms with Crippen LogP contribution in [0.1, 0.15) is 17.9 Å². The maximum atomic E-state index is 13.2. The van der Waals surface area contributed by atoms with Crippen molar-refractivity contribution in [1.29, 1.82) is 5.26 Å². The summed E-state index contributed by atoms with van der Waals surface area (Å²) in [5.41, 5.74) is 1.23. The molecule has 0 spiro atoms. The predicted octanol–water partition coefficient (Wildman–Crippen LogP) is 3.44. The van der Waals surface area contributed by atoms with E-state index in [0.29, 0.717) is 16.8 Å². The number of benzene rings is 2. The zero-order valence-electron chi connectivity index (χ0n) is 15.4. The smallest absolute Gasteiger partial charge is 0.269 e. The first-order chi connectivity index (χ1) is 14.4. The molecular weight excluding hydrogens is 411 g/mol. The average Bonchev–Trinajstić information content (AvgIpc) is 2.72. The van der Waals surface area contributed by atoms with E-state index >= 15 is 0 Å². The number of nitrogens with one attached hydrogen (secondary N) is 2. The van der Waals surface area contributed by atoms with Crippen molar-refractivity contribution in [2.24, 2.45) is 0 Å². The molecule has 2 aromatic rings. The van der Waals surface area contributed by atoms with Crippen molar-refractivity contribution in [3.8, 4) is 6.07 Å². The first-order valence-electron chi connectivity index (χ1n) is 8.74. The van der Waals surface area contributed by atoms with Gasteiger partial charge in [-0.25, -0.2) is 4.39 Å². The largest absolute Gasteiger partial charge is 0.325 e. The van der Waals surface area contributed by atoms with E-state index in [9.17, 15) is 29.4 Å². The third-order valence-corrected chi connectivity index (χ3v) is 5.36. The van der Waals surface area contributed by atoms with Crippen molar-refractivity contribution in [1.82, 2.24) is 5.32 Å². The summed E-state index contributed by atoms with van der Waals surface area (Å²) in [5.74, 6) is -1.74. The number of carbonyl (C=O) groups is 2. The van der Waals surface area contributed by atoms with Crippen LogP contribution in [0.25, 0.3) is 0 Å². The number of non-ortho nitro benzene ring substituents is 1. The number of anilines is 1. The average molecular weight is 426 g/mol. The normalized spacial score (nSPS) is 15.9. The number of nitriles is 1. The third-order valence-electron chi connectivity index (χ3n) is 4.34. The minimum Gasteiger partial charge on any atom is -0.325 e. The molecule has 0 aromatic heterocycles. The Hall–Kier alpha value is -3.71. The molecule has 8 nitrogen and oxygen atoms in total. The molecule has 0 unspecified atom stereocenters. The molecule has 0 saturated carbocycles. The lowest BCUT2D eigenvalue weighted by Crippen LogP contribution is -2.31. The summed E-state index contributed by atoms with van der Waals surface area (Å²) >= 11 is 1.00. The van der Waals surface area contributed by atoms with Crippen LogP contribution in [0.2, 0.25) is 0 Å². The molecule has 1 atom stereocenters. The highest BCUT2D eigenvalue weighted by Gasteiger charge is 2.29. The fraction of sp³-hybridized carbons (Fsp3) is 0.150. The lowest BCUT2D eigenvalue weighted by molar-refractivity contribution is -0.384. The molecule has 0 fully saturated rings. The maximum Gasteiger partial charge on any atom is 0.269 e. The Balaban J connectivity index is 1.70. The molecule has 1 heterocycles. The van der Waals surface area contributed by atoms with Crippen molar-refractivity contribution in [2.45, 2.75) is 12.3 Å². The molecule has 2 amide bonds. The minimum absolute atomic E-state index is 0.0492. The van der Waals surface area contributed by atoms with Crippen LogP contribution in [0.4, 0.5) is 15.8 Å². The van der Waals surface area contributed by atoms with Gasteiger partial charge in [-0.05, 0) is 29.8 Å². The van der Waals surface area contributed by atoms with E-state index < -0.39 is 22.6 Å². The summed E-state index contributed by atoms with van der Waals surface area (Å²) < 4.78 is 13.2. The molecule has 30 heavy (non-hydrogen) atoms. The van der Waals surface area contributed by atoms with Crippen LogP contribution in [0, 0.1) is 27.3 Å². The Morgan fingerprint density at radius 3 is 2.53 bits per heavy atom. The number of allylic oxidation sites excluding steroid dienone is 1. The zero-order chi connectivity index (χ0) is 21.7. The number of thioether (sulfide) groups is 1. The highest BCUT2D eigenvalue weighted by molar-refractivity contribution is 8.03. The van der Waals surface area contributed by atoms with E-state index in [4.69, 9.17) is 0 Å². The Kier molecular flexibility index (Phi) is 6.44. The Morgan fingerprint density at radius 2 is 1.93 bits per heavy atom. The van der Waals surface area contributed by atoms with E-state index in [1.807, 2.05) is 0 Å². The Bertz CT molecular complexity index is 1060. The van der Waals surface area contributed by atoms with Gasteiger partial charge in [-0.1, -0.05) is 23.9 Å². The van der Waals surface area contributed by atoms with Crippen molar-refractivity contribution in [2.75, 3.05) is 11.1 Å². The minimum atomic E-state index is -0.541. The SMILES string of the molecule is N#CC1=C(SCC(=O)Nc2ccc([N+](=O)[O-])cc2)NC(=O)C[C@H]1c1ccc(F)cc1. The number of hydrogen-bond donors (Lipinski definition) is 2. The van der Waals surface area contributed by atoms with Gasteiger partial charge in [0.15, 0.2) is 0 Å². The van der Waals surface area contributed by atoms with Gasteiger partial charge in [0.2, 0.25) is 11.8 Å². The summed E-state index contributed by atoms with van der Waals surface area (Å²) in [7, 11) is 0. The highest BCUT2D eigenvalue weighted by atomic mass is 32.2. The van der Waals surface area contributed by atoms with Gasteiger partial charge in [-0.2, -0.15) is 5.26 Å². The standard InChI is InChI=1S/C20H15FN4O4S/c21-13-3-1-12(2-4-13)16-9-18(26)24-20(17(16)10-22)30-11-19(27)23-14-5-7-15(8-6-14)25(28)29/h1-8,16H,9,11H2,(H,23,27)(H,24,26)/t16-/m0/s1. The Morgan fingerprint density at radius 1 is 1.27 bits per heavy atom. The van der Waals surface area contributed by atoms with Gasteiger partial charge in [0, 0.05) is 30.2 Å². The zero-order valence-corrected chi connectivity index (χ0v) is 16.2. The third kappa shape index (κ3) is 5.01. The molecule has 10 heteroatoms. The van der Waals surface area contributed by atoms with Crippen LogP contribution in [0.5, 0.6) is 0 Å². The van der Waals surface area contributed by atoms with E-state index in [1.54, 1.807) is 0 Å². The molecule has 1 aliphatic rings. The van der Waals surface area contributed by atoms with Crippen LogP contribution in [0.3, 0.4) is 0 Å². The van der Waals surface area contributed by atoms with Crippen molar-refractivity contribution in [3.63, 3.8) is 0 Å². The summed E-state index contributed by atoms with van der Waals surface area (Å²) in [6.45, 7) is 0. The first-order valence-corrected chi connectivity index (χ1v) is 9.72. The van der Waals surface area contributed by atoms with Gasteiger partial charge in [0.25, 0.3) is 5.69 Å². The second kappa shape index (κ2) is 9.19. The van der Waals surface area contributed by atoms with E-state index in [2.05, 4.69) is 16.7 Å². The van der Waals surface area contributed by atoms with Crippen molar-refractivity contribution in [3.05, 3.63) is 80.6 Å². The molecule has 2 aromatic carbocycles. The van der Waals surface area contributed by atoms with E-state index in [-0.39, 0.29) is 28.8 Å². The molecule has 152 valence electrons. The van der Waals surface area contributed by atoms with E-state index in [1.165, 1.54) is 48.5 Å². The number of nitro groups is 1. The number of rotatable bonds is 6. The number of nitro benzene ring substituents is 1. The van der Waals surface area contributed by atoms with Gasteiger partial charge in [0.1, 0.15) is 5.82 Å². The molecule has 1 aliphatic heterocycles. The van der Waals surface area contributed by atoms with Crippen LogP contribution < -0.4 is 10.6 Å². The lowest BCUT2D eigenvalue weighted by Gasteiger charge is -2.25. The van der Waals surface area contributed by atoms with Crippen molar-refractivity contribution < 1.29 is 18.9 Å².